The maximum atomic E-state index is 2.25. The highest BCUT2D eigenvalue weighted by molar-refractivity contribution is 5.30. The Morgan fingerprint density at radius 3 is 0.636 bits per heavy atom. The van der Waals surface area contributed by atoms with Gasteiger partial charge in [-0.3, -0.25) is 0 Å². The van der Waals surface area contributed by atoms with Crippen molar-refractivity contribution in [1.82, 2.24) is 0 Å². The monoisotopic (exact) mass is 310 g/mol. The van der Waals surface area contributed by atoms with Crippen molar-refractivity contribution in [2.75, 3.05) is 0 Å². The normalized spacial score (nSPS) is 9.36. The van der Waals surface area contributed by atoms with Gasteiger partial charge in [-0.1, -0.05) is 121 Å². The van der Waals surface area contributed by atoms with Gasteiger partial charge in [-0.05, 0) is 22.0 Å². The molecule has 0 saturated carbocycles. The van der Waals surface area contributed by atoms with Crippen LogP contribution in [0.4, 0.5) is 0 Å². The molecular weight excluding hydrogens is 264 g/mol. The quantitative estimate of drug-likeness (QED) is 0.451. The molecule has 134 valence electrons. The van der Waals surface area contributed by atoms with E-state index >= 15 is 0 Å². The highest BCUT2D eigenvalue weighted by atomic mass is 14.2. The Morgan fingerprint density at radius 2 is 0.545 bits per heavy atom. The van der Waals surface area contributed by atoms with Crippen molar-refractivity contribution in [3.8, 4) is 0 Å². The molecule has 0 fully saturated rings. The van der Waals surface area contributed by atoms with Crippen LogP contribution in [0.5, 0.6) is 0 Å². The lowest BCUT2D eigenvalue weighted by Gasteiger charge is -2.23. The van der Waals surface area contributed by atoms with Gasteiger partial charge in [0.1, 0.15) is 0 Å². The smallest absolute Gasteiger partial charge is 0.0132 e. The Hall–Kier alpha value is -0.780. The predicted molar refractivity (Wildman–Crippen MR) is 109 cm³/mol. The standard InChI is InChI=1S/C14H22.4C2H6/c1-13(2,3)11-7-9-12(10-8-11)14(4,5)6;4*1-2/h7-10H,1-6H3;4*1-2H3. The molecular formula is C22H46. The van der Waals surface area contributed by atoms with Crippen LogP contribution in [0.2, 0.25) is 0 Å². The third-order valence-electron chi connectivity index (χ3n) is 2.62. The molecule has 0 amide bonds. The Bertz CT molecular complexity index is 257. The number of rotatable bonds is 0. The van der Waals surface area contributed by atoms with Crippen molar-refractivity contribution in [3.63, 3.8) is 0 Å². The second kappa shape index (κ2) is 16.6. The summed E-state index contributed by atoms with van der Waals surface area (Å²) < 4.78 is 0. The van der Waals surface area contributed by atoms with Gasteiger partial charge in [-0.2, -0.15) is 0 Å². The van der Waals surface area contributed by atoms with Gasteiger partial charge in [-0.15, -0.1) is 0 Å². The molecule has 1 aromatic carbocycles. The molecule has 0 aliphatic heterocycles. The summed E-state index contributed by atoms with van der Waals surface area (Å²) in [5.41, 5.74) is 3.34. The first kappa shape index (κ1) is 29.3. The molecule has 0 nitrogen and oxygen atoms in total. The van der Waals surface area contributed by atoms with Crippen LogP contribution in [0, 0.1) is 0 Å². The molecule has 0 unspecified atom stereocenters. The van der Waals surface area contributed by atoms with Gasteiger partial charge in [0, 0.05) is 0 Å². The van der Waals surface area contributed by atoms with Gasteiger partial charge in [-0.25, -0.2) is 0 Å². The average molecular weight is 311 g/mol. The van der Waals surface area contributed by atoms with E-state index in [1.165, 1.54) is 11.1 Å². The molecule has 0 heteroatoms. The van der Waals surface area contributed by atoms with E-state index in [4.69, 9.17) is 0 Å². The van der Waals surface area contributed by atoms with Crippen LogP contribution in [0.1, 0.15) is 108 Å². The average Bonchev–Trinajstić information content (AvgIpc) is 2.54. The Kier molecular flexibility index (Phi) is 22.1. The van der Waals surface area contributed by atoms with E-state index in [1.54, 1.807) is 0 Å². The third-order valence-corrected chi connectivity index (χ3v) is 2.62. The zero-order chi connectivity index (χ0) is 19.0. The molecule has 22 heavy (non-hydrogen) atoms. The minimum atomic E-state index is 0.260. The summed E-state index contributed by atoms with van der Waals surface area (Å²) in [4.78, 5) is 0. The highest BCUT2D eigenvalue weighted by Gasteiger charge is 2.16. The molecule has 0 aliphatic carbocycles. The van der Waals surface area contributed by atoms with Crippen LogP contribution in [-0.2, 0) is 10.8 Å². The topological polar surface area (TPSA) is 0 Å². The summed E-state index contributed by atoms with van der Waals surface area (Å²) in [5, 5.41) is 0. The lowest BCUT2D eigenvalue weighted by Crippen LogP contribution is -2.14. The van der Waals surface area contributed by atoms with Crippen LogP contribution in [0.3, 0.4) is 0 Å². The van der Waals surface area contributed by atoms with Crippen LogP contribution in [0.25, 0.3) is 0 Å². The maximum absolute atomic E-state index is 2.25. The van der Waals surface area contributed by atoms with E-state index < -0.39 is 0 Å². The van der Waals surface area contributed by atoms with Gasteiger partial charge in [0.15, 0.2) is 0 Å². The van der Waals surface area contributed by atoms with Crippen molar-refractivity contribution in [1.29, 1.82) is 0 Å². The number of hydrogen-bond donors (Lipinski definition) is 0. The minimum absolute atomic E-state index is 0.260. The second-order valence-corrected chi connectivity index (χ2v) is 6.08. The van der Waals surface area contributed by atoms with E-state index in [0.29, 0.717) is 0 Å². The summed E-state index contributed by atoms with van der Waals surface area (Å²) in [6, 6.07) is 9.00. The molecule has 0 saturated heterocycles. The van der Waals surface area contributed by atoms with Gasteiger partial charge in [0.25, 0.3) is 0 Å². The fourth-order valence-electron chi connectivity index (χ4n) is 1.47. The molecule has 0 bridgehead atoms. The first-order chi connectivity index (χ1) is 10.2. The van der Waals surface area contributed by atoms with E-state index in [1.807, 2.05) is 55.4 Å². The Morgan fingerprint density at radius 1 is 0.409 bits per heavy atom. The first-order valence-corrected chi connectivity index (χ1v) is 9.32. The first-order valence-electron chi connectivity index (χ1n) is 9.32. The summed E-state index contributed by atoms with van der Waals surface area (Å²) in [6.45, 7) is 29.5. The van der Waals surface area contributed by atoms with Crippen molar-refractivity contribution in [3.05, 3.63) is 35.4 Å². The molecule has 0 spiro atoms. The predicted octanol–water partition coefficient (Wildman–Crippen LogP) is 8.39. The summed E-state index contributed by atoms with van der Waals surface area (Å²) in [5.74, 6) is 0. The molecule has 0 N–H and O–H groups in total. The van der Waals surface area contributed by atoms with Crippen molar-refractivity contribution < 1.29 is 0 Å². The molecule has 0 heterocycles. The van der Waals surface area contributed by atoms with Crippen LogP contribution in [0.15, 0.2) is 24.3 Å². The van der Waals surface area contributed by atoms with Gasteiger partial charge in [0.05, 0.1) is 0 Å². The zero-order valence-corrected chi connectivity index (χ0v) is 18.3. The summed E-state index contributed by atoms with van der Waals surface area (Å²) in [7, 11) is 0. The molecule has 0 aliphatic rings. The summed E-state index contributed by atoms with van der Waals surface area (Å²) in [6.07, 6.45) is 0. The zero-order valence-electron chi connectivity index (χ0n) is 18.3. The van der Waals surface area contributed by atoms with Gasteiger partial charge in [0.2, 0.25) is 0 Å². The molecule has 0 atom stereocenters. The minimum Gasteiger partial charge on any atom is -0.0683 e. The molecule has 0 aromatic heterocycles. The second-order valence-electron chi connectivity index (χ2n) is 6.08. The lowest BCUT2D eigenvalue weighted by molar-refractivity contribution is 0.577. The maximum Gasteiger partial charge on any atom is -0.0132 e. The third kappa shape index (κ3) is 14.2. The summed E-state index contributed by atoms with van der Waals surface area (Å²) >= 11 is 0. The van der Waals surface area contributed by atoms with Gasteiger partial charge < -0.3 is 0 Å². The lowest BCUT2D eigenvalue weighted by atomic mass is 9.82. The fourth-order valence-corrected chi connectivity index (χ4v) is 1.47. The Balaban J connectivity index is -0.000000175. The SMILES string of the molecule is CC.CC.CC.CC.CC(C)(C)c1ccc(C(C)(C)C)cc1. The molecule has 1 rings (SSSR count). The van der Waals surface area contributed by atoms with Crippen molar-refractivity contribution in [2.24, 2.45) is 0 Å². The largest absolute Gasteiger partial charge is 0.0683 e. The van der Waals surface area contributed by atoms with Crippen molar-refractivity contribution >= 4 is 0 Å². The van der Waals surface area contributed by atoms with Gasteiger partial charge >= 0.3 is 0 Å². The van der Waals surface area contributed by atoms with Crippen LogP contribution >= 0.6 is 0 Å². The number of hydrogen-bond acceptors (Lipinski definition) is 0. The highest BCUT2D eigenvalue weighted by Crippen LogP contribution is 2.26. The van der Waals surface area contributed by atoms with Crippen LogP contribution in [-0.4, -0.2) is 0 Å². The fraction of sp³-hybridized carbons (Fsp3) is 0.727. The molecule has 1 aromatic rings. The van der Waals surface area contributed by atoms with Crippen LogP contribution < -0.4 is 0 Å². The van der Waals surface area contributed by atoms with E-state index in [2.05, 4.69) is 65.8 Å². The van der Waals surface area contributed by atoms with E-state index in [-0.39, 0.29) is 10.8 Å². The van der Waals surface area contributed by atoms with Crippen molar-refractivity contribution in [2.45, 2.75) is 108 Å². The molecule has 0 radical (unpaired) electrons. The number of benzene rings is 1. The van der Waals surface area contributed by atoms with E-state index in [9.17, 15) is 0 Å². The Labute approximate surface area is 143 Å². The van der Waals surface area contributed by atoms with E-state index in [0.717, 1.165) is 0 Å².